The van der Waals surface area contributed by atoms with Crippen molar-refractivity contribution in [1.29, 1.82) is 0 Å². The summed E-state index contributed by atoms with van der Waals surface area (Å²) >= 11 is 0. The molecule has 0 aliphatic heterocycles. The van der Waals surface area contributed by atoms with Crippen LogP contribution in [0.5, 0.6) is 5.75 Å². The minimum Gasteiger partial charge on any atom is -0.496 e. The van der Waals surface area contributed by atoms with E-state index in [1.54, 1.807) is 13.2 Å². The molecule has 0 fully saturated rings. The van der Waals surface area contributed by atoms with Crippen molar-refractivity contribution in [3.63, 3.8) is 0 Å². The molecule has 72 valence electrons. The molecule has 2 heteroatoms. The van der Waals surface area contributed by atoms with Gasteiger partial charge in [-0.3, -0.25) is 0 Å². The predicted octanol–water partition coefficient (Wildman–Crippen LogP) is 1.78. The highest BCUT2D eigenvalue weighted by Crippen LogP contribution is 2.45. The summed E-state index contributed by atoms with van der Waals surface area (Å²) in [5.41, 5.74) is 3.66. The van der Waals surface area contributed by atoms with Crippen LogP contribution in [-0.4, -0.2) is 12.2 Å². The van der Waals surface area contributed by atoms with E-state index in [-0.39, 0.29) is 0 Å². The molecule has 0 amide bonds. The van der Waals surface area contributed by atoms with Gasteiger partial charge in [-0.2, -0.15) is 0 Å². The third kappa shape index (κ3) is 1.09. The highest BCUT2D eigenvalue weighted by molar-refractivity contribution is 5.54. The Bertz CT molecular complexity index is 416. The molecule has 2 rings (SSSR count). The van der Waals surface area contributed by atoms with Crippen LogP contribution in [0.2, 0.25) is 0 Å². The van der Waals surface area contributed by atoms with Gasteiger partial charge in [0.25, 0.3) is 0 Å². The van der Waals surface area contributed by atoms with Crippen molar-refractivity contribution >= 4 is 0 Å². The first-order chi connectivity index (χ1) is 6.71. The molecule has 1 aromatic carbocycles. The van der Waals surface area contributed by atoms with E-state index >= 15 is 0 Å². The van der Waals surface area contributed by atoms with Crippen LogP contribution in [0.15, 0.2) is 36.6 Å². The van der Waals surface area contributed by atoms with Gasteiger partial charge in [0.2, 0.25) is 0 Å². The molecule has 0 radical (unpaired) electrons. The molecule has 1 N–H and O–H groups in total. The summed E-state index contributed by atoms with van der Waals surface area (Å²) in [4.78, 5) is 0. The highest BCUT2D eigenvalue weighted by atomic mass is 16.5. The maximum Gasteiger partial charge on any atom is 0.125 e. The lowest BCUT2D eigenvalue weighted by Gasteiger charge is -2.37. The number of benzene rings is 1. The van der Waals surface area contributed by atoms with Crippen molar-refractivity contribution in [3.8, 4) is 5.75 Å². The third-order valence-corrected chi connectivity index (χ3v) is 2.57. The fourth-order valence-electron chi connectivity index (χ4n) is 1.95. The van der Waals surface area contributed by atoms with E-state index in [2.05, 4.69) is 12.3 Å². The standard InChI is InChI=1S/C12H12O2/c1-3-7-12(13)8-9-5-4-6-10(14-2)11(9)12/h4-7,13H,1,8H2,2H3. The maximum atomic E-state index is 10.1. The van der Waals surface area contributed by atoms with Gasteiger partial charge in [0, 0.05) is 12.0 Å². The average Bonchev–Trinajstić information content (AvgIpc) is 2.16. The molecule has 0 bridgehead atoms. The molecule has 1 aliphatic rings. The Balaban J connectivity index is 2.54. The van der Waals surface area contributed by atoms with Crippen molar-refractivity contribution < 1.29 is 9.84 Å². The fourth-order valence-corrected chi connectivity index (χ4v) is 1.95. The fraction of sp³-hybridized carbons (Fsp3) is 0.250. The number of hydrogen-bond acceptors (Lipinski definition) is 2. The van der Waals surface area contributed by atoms with E-state index < -0.39 is 5.60 Å². The van der Waals surface area contributed by atoms with Gasteiger partial charge in [0.1, 0.15) is 11.4 Å². The van der Waals surface area contributed by atoms with Crippen LogP contribution in [0.3, 0.4) is 0 Å². The first kappa shape index (κ1) is 9.07. The molecule has 1 aliphatic carbocycles. The summed E-state index contributed by atoms with van der Waals surface area (Å²) in [5.74, 6) is 0.725. The second-order valence-electron chi connectivity index (χ2n) is 3.44. The first-order valence-corrected chi connectivity index (χ1v) is 4.47. The van der Waals surface area contributed by atoms with E-state index in [0.29, 0.717) is 6.42 Å². The Labute approximate surface area is 83.1 Å². The summed E-state index contributed by atoms with van der Waals surface area (Å²) in [6.45, 7) is 3.47. The minimum absolute atomic E-state index is 0.613. The summed E-state index contributed by atoms with van der Waals surface area (Å²) in [6, 6.07) is 5.76. The minimum atomic E-state index is -0.927. The maximum absolute atomic E-state index is 10.1. The van der Waals surface area contributed by atoms with Gasteiger partial charge in [-0.05, 0) is 17.7 Å². The van der Waals surface area contributed by atoms with Gasteiger partial charge in [0.15, 0.2) is 0 Å². The van der Waals surface area contributed by atoms with Crippen molar-refractivity contribution in [2.75, 3.05) is 7.11 Å². The topological polar surface area (TPSA) is 29.5 Å². The number of methoxy groups -OCH3 is 1. The molecule has 0 spiro atoms. The van der Waals surface area contributed by atoms with Crippen LogP contribution in [-0.2, 0) is 12.0 Å². The Hall–Kier alpha value is -1.50. The molecule has 2 nitrogen and oxygen atoms in total. The summed E-state index contributed by atoms with van der Waals surface area (Å²) in [6.07, 6.45) is 2.19. The Morgan fingerprint density at radius 3 is 3.07 bits per heavy atom. The molecule has 0 saturated heterocycles. The molecule has 1 unspecified atom stereocenters. The van der Waals surface area contributed by atoms with Crippen LogP contribution < -0.4 is 4.74 Å². The normalized spacial score (nSPS) is 23.0. The van der Waals surface area contributed by atoms with Gasteiger partial charge >= 0.3 is 0 Å². The van der Waals surface area contributed by atoms with Crippen LogP contribution >= 0.6 is 0 Å². The lowest BCUT2D eigenvalue weighted by molar-refractivity contribution is 0.0616. The van der Waals surface area contributed by atoms with E-state index in [4.69, 9.17) is 4.74 Å². The summed E-state index contributed by atoms with van der Waals surface area (Å²) < 4.78 is 5.19. The van der Waals surface area contributed by atoms with Crippen LogP contribution in [0.25, 0.3) is 0 Å². The number of fused-ring (bicyclic) bond motifs is 1. The molecule has 0 heterocycles. The number of hydrogen-bond donors (Lipinski definition) is 1. The smallest absolute Gasteiger partial charge is 0.125 e. The number of ether oxygens (including phenoxy) is 1. The zero-order valence-electron chi connectivity index (χ0n) is 8.08. The quantitative estimate of drug-likeness (QED) is 0.717. The lowest BCUT2D eigenvalue weighted by Crippen LogP contribution is -2.37. The van der Waals surface area contributed by atoms with Gasteiger partial charge < -0.3 is 9.84 Å². The van der Waals surface area contributed by atoms with Crippen LogP contribution in [0.4, 0.5) is 0 Å². The van der Waals surface area contributed by atoms with Crippen molar-refractivity contribution in [3.05, 3.63) is 47.7 Å². The second-order valence-corrected chi connectivity index (χ2v) is 3.44. The van der Waals surface area contributed by atoms with Crippen LogP contribution in [0.1, 0.15) is 11.1 Å². The summed E-state index contributed by atoms with van der Waals surface area (Å²) in [7, 11) is 1.60. The Morgan fingerprint density at radius 2 is 2.43 bits per heavy atom. The van der Waals surface area contributed by atoms with Gasteiger partial charge in [0.05, 0.1) is 7.11 Å². The van der Waals surface area contributed by atoms with Crippen molar-refractivity contribution in [2.45, 2.75) is 12.0 Å². The second kappa shape index (κ2) is 3.02. The van der Waals surface area contributed by atoms with Crippen LogP contribution in [0, 0.1) is 0 Å². The molecule has 0 saturated carbocycles. The van der Waals surface area contributed by atoms with E-state index in [9.17, 15) is 5.11 Å². The van der Waals surface area contributed by atoms with Gasteiger partial charge in [-0.25, -0.2) is 0 Å². The molecule has 1 atom stereocenters. The molecular weight excluding hydrogens is 176 g/mol. The SMILES string of the molecule is C=C=CC1(O)Cc2cccc(OC)c21. The summed E-state index contributed by atoms with van der Waals surface area (Å²) in [5, 5.41) is 10.1. The number of rotatable bonds is 2. The Morgan fingerprint density at radius 1 is 1.64 bits per heavy atom. The largest absolute Gasteiger partial charge is 0.496 e. The zero-order valence-corrected chi connectivity index (χ0v) is 8.08. The van der Waals surface area contributed by atoms with Gasteiger partial charge in [-0.1, -0.05) is 18.7 Å². The van der Waals surface area contributed by atoms with E-state index in [0.717, 1.165) is 16.9 Å². The van der Waals surface area contributed by atoms with Gasteiger partial charge in [-0.15, -0.1) is 5.73 Å². The first-order valence-electron chi connectivity index (χ1n) is 4.47. The molecule has 14 heavy (non-hydrogen) atoms. The molecule has 1 aromatic rings. The zero-order chi connectivity index (χ0) is 10.2. The number of aliphatic hydroxyl groups is 1. The van der Waals surface area contributed by atoms with Crippen molar-refractivity contribution in [2.24, 2.45) is 0 Å². The van der Waals surface area contributed by atoms with E-state index in [1.165, 1.54) is 0 Å². The monoisotopic (exact) mass is 188 g/mol. The highest BCUT2D eigenvalue weighted by Gasteiger charge is 2.41. The predicted molar refractivity (Wildman–Crippen MR) is 54.3 cm³/mol. The molecule has 0 aromatic heterocycles. The lowest BCUT2D eigenvalue weighted by atomic mass is 9.73. The van der Waals surface area contributed by atoms with Crippen molar-refractivity contribution in [1.82, 2.24) is 0 Å². The van der Waals surface area contributed by atoms with E-state index in [1.807, 2.05) is 18.2 Å². The Kier molecular flexibility index (Phi) is 1.95. The molecular formula is C12H12O2. The average molecular weight is 188 g/mol. The third-order valence-electron chi connectivity index (χ3n) is 2.57.